The highest BCUT2D eigenvalue weighted by Crippen LogP contribution is 2.54. The molecule has 1 saturated carbocycles. The second-order valence-electron chi connectivity index (χ2n) is 3.48. The van der Waals surface area contributed by atoms with Crippen LogP contribution in [0.15, 0.2) is 17.5 Å². The Morgan fingerprint density at radius 2 is 2.64 bits per heavy atom. The Morgan fingerprint density at radius 1 is 1.82 bits per heavy atom. The molecule has 0 unspecified atom stereocenters. The molecule has 2 heteroatoms. The second-order valence-corrected chi connectivity index (χ2v) is 4.43. The summed E-state index contributed by atoms with van der Waals surface area (Å²) in [6.45, 7) is 2.58. The van der Waals surface area contributed by atoms with Crippen molar-refractivity contribution in [1.82, 2.24) is 0 Å². The molecule has 0 aromatic carbocycles. The first-order valence-corrected chi connectivity index (χ1v) is 4.80. The van der Waals surface area contributed by atoms with Gasteiger partial charge in [0.2, 0.25) is 0 Å². The van der Waals surface area contributed by atoms with E-state index in [1.54, 1.807) is 11.3 Å². The minimum atomic E-state index is 0.308. The van der Waals surface area contributed by atoms with Crippen LogP contribution in [-0.4, -0.2) is 11.7 Å². The van der Waals surface area contributed by atoms with Gasteiger partial charge in [0.25, 0.3) is 0 Å². The van der Waals surface area contributed by atoms with Crippen LogP contribution in [0.25, 0.3) is 0 Å². The molecule has 1 aromatic heterocycles. The van der Waals surface area contributed by atoms with E-state index in [4.69, 9.17) is 5.11 Å². The van der Waals surface area contributed by atoms with Gasteiger partial charge in [-0.15, -0.1) is 11.3 Å². The van der Waals surface area contributed by atoms with Gasteiger partial charge in [0, 0.05) is 16.9 Å². The van der Waals surface area contributed by atoms with Crippen molar-refractivity contribution in [2.24, 2.45) is 5.92 Å². The zero-order valence-electron chi connectivity index (χ0n) is 6.58. The van der Waals surface area contributed by atoms with Gasteiger partial charge in [-0.25, -0.2) is 0 Å². The Labute approximate surface area is 70.7 Å². The summed E-state index contributed by atoms with van der Waals surface area (Å²) in [7, 11) is 0. The summed E-state index contributed by atoms with van der Waals surface area (Å²) in [4.78, 5) is 1.43. The molecule has 0 saturated heterocycles. The summed E-state index contributed by atoms with van der Waals surface area (Å²) < 4.78 is 0. The number of aliphatic hydroxyl groups is 1. The van der Waals surface area contributed by atoms with E-state index in [0.717, 1.165) is 6.42 Å². The van der Waals surface area contributed by atoms with E-state index in [1.807, 2.05) is 0 Å². The van der Waals surface area contributed by atoms with Gasteiger partial charge < -0.3 is 5.11 Å². The van der Waals surface area contributed by atoms with Gasteiger partial charge in [-0.1, -0.05) is 13.0 Å². The Balaban J connectivity index is 2.19. The number of rotatable bonds is 2. The highest BCUT2D eigenvalue weighted by Gasteiger charge is 2.51. The molecular weight excluding hydrogens is 156 g/mol. The molecule has 1 aliphatic carbocycles. The average Bonchev–Trinajstić information content (AvgIpc) is 2.55. The van der Waals surface area contributed by atoms with Crippen molar-refractivity contribution >= 4 is 11.3 Å². The maximum absolute atomic E-state index is 8.95. The molecule has 0 aliphatic heterocycles. The molecule has 0 bridgehead atoms. The summed E-state index contributed by atoms with van der Waals surface area (Å²) in [6.07, 6.45) is 1.16. The molecule has 0 spiro atoms. The van der Waals surface area contributed by atoms with E-state index in [0.29, 0.717) is 17.9 Å². The Kier molecular flexibility index (Phi) is 1.55. The first kappa shape index (κ1) is 7.32. The fraction of sp³-hybridized carbons (Fsp3) is 0.556. The Hall–Kier alpha value is -0.340. The first-order valence-electron chi connectivity index (χ1n) is 3.92. The van der Waals surface area contributed by atoms with E-state index >= 15 is 0 Å². The van der Waals surface area contributed by atoms with Gasteiger partial charge in [0.1, 0.15) is 0 Å². The van der Waals surface area contributed by atoms with Crippen LogP contribution in [0.3, 0.4) is 0 Å². The fourth-order valence-corrected chi connectivity index (χ4v) is 2.60. The second kappa shape index (κ2) is 2.32. The van der Waals surface area contributed by atoms with Gasteiger partial charge in [-0.3, -0.25) is 0 Å². The third-order valence-corrected chi connectivity index (χ3v) is 3.87. The highest BCUT2D eigenvalue weighted by molar-refractivity contribution is 7.10. The topological polar surface area (TPSA) is 20.2 Å². The monoisotopic (exact) mass is 168 g/mol. The van der Waals surface area contributed by atoms with Crippen molar-refractivity contribution in [3.05, 3.63) is 22.4 Å². The smallest absolute Gasteiger partial charge is 0.0468 e. The van der Waals surface area contributed by atoms with Crippen LogP contribution in [-0.2, 0) is 5.41 Å². The quantitative estimate of drug-likeness (QED) is 0.716. The van der Waals surface area contributed by atoms with E-state index in [1.165, 1.54) is 4.88 Å². The zero-order valence-corrected chi connectivity index (χ0v) is 7.40. The van der Waals surface area contributed by atoms with Gasteiger partial charge in [0.15, 0.2) is 0 Å². The molecule has 1 heterocycles. The Bertz CT molecular complexity index is 242. The minimum absolute atomic E-state index is 0.308. The average molecular weight is 168 g/mol. The van der Waals surface area contributed by atoms with Crippen LogP contribution in [0, 0.1) is 5.92 Å². The summed E-state index contributed by atoms with van der Waals surface area (Å²) in [6, 6.07) is 4.25. The van der Waals surface area contributed by atoms with E-state index in [9.17, 15) is 0 Å². The van der Waals surface area contributed by atoms with Crippen molar-refractivity contribution in [1.29, 1.82) is 0 Å². The summed E-state index contributed by atoms with van der Waals surface area (Å²) in [5.74, 6) is 0.515. The molecule has 2 rings (SSSR count). The van der Waals surface area contributed by atoms with Crippen molar-refractivity contribution in [3.8, 4) is 0 Å². The number of hydrogen-bond donors (Lipinski definition) is 1. The lowest BCUT2D eigenvalue weighted by atomic mass is 10.1. The largest absolute Gasteiger partial charge is 0.396 e. The van der Waals surface area contributed by atoms with Crippen LogP contribution < -0.4 is 0 Å². The van der Waals surface area contributed by atoms with Gasteiger partial charge in [-0.2, -0.15) is 0 Å². The van der Waals surface area contributed by atoms with Crippen LogP contribution in [0.1, 0.15) is 18.2 Å². The first-order chi connectivity index (χ1) is 5.27. The maximum atomic E-state index is 8.95. The van der Waals surface area contributed by atoms with Gasteiger partial charge in [-0.05, 0) is 23.8 Å². The molecule has 0 radical (unpaired) electrons. The lowest BCUT2D eigenvalue weighted by Crippen LogP contribution is -2.03. The zero-order chi connectivity index (χ0) is 7.90. The van der Waals surface area contributed by atoms with Crippen molar-refractivity contribution in [2.45, 2.75) is 18.8 Å². The number of hydrogen-bond acceptors (Lipinski definition) is 2. The van der Waals surface area contributed by atoms with Gasteiger partial charge >= 0.3 is 0 Å². The molecule has 2 atom stereocenters. The lowest BCUT2D eigenvalue weighted by Gasteiger charge is -2.05. The van der Waals surface area contributed by atoms with E-state index < -0.39 is 0 Å². The SMILES string of the molecule is C[C@]1(c2cccs2)C[C@H]1CO. The Morgan fingerprint density at radius 3 is 3.09 bits per heavy atom. The molecule has 1 nitrogen and oxygen atoms in total. The van der Waals surface area contributed by atoms with Gasteiger partial charge in [0.05, 0.1) is 0 Å². The molecular formula is C9H12OS. The standard InChI is InChI=1S/C9H12OS/c1-9(5-7(9)6-10)8-3-2-4-11-8/h2-4,7,10H,5-6H2,1H3/t7-,9-/m0/s1. The predicted octanol–water partition coefficient (Wildman–Crippen LogP) is 2.02. The number of aliphatic hydroxyl groups excluding tert-OH is 1. The molecule has 1 aromatic rings. The third kappa shape index (κ3) is 1.01. The minimum Gasteiger partial charge on any atom is -0.396 e. The van der Waals surface area contributed by atoms with Crippen molar-refractivity contribution in [3.63, 3.8) is 0 Å². The summed E-state index contributed by atoms with van der Waals surface area (Å²) >= 11 is 1.80. The normalized spacial score (nSPS) is 35.6. The third-order valence-electron chi connectivity index (χ3n) is 2.72. The van der Waals surface area contributed by atoms with Crippen LogP contribution in [0.4, 0.5) is 0 Å². The molecule has 1 aliphatic rings. The fourth-order valence-electron chi connectivity index (χ4n) is 1.62. The molecule has 1 N–H and O–H groups in total. The molecule has 1 fully saturated rings. The predicted molar refractivity (Wildman–Crippen MR) is 46.9 cm³/mol. The lowest BCUT2D eigenvalue weighted by molar-refractivity contribution is 0.266. The molecule has 11 heavy (non-hydrogen) atoms. The van der Waals surface area contributed by atoms with Crippen molar-refractivity contribution in [2.75, 3.05) is 6.61 Å². The van der Waals surface area contributed by atoms with Crippen LogP contribution in [0.5, 0.6) is 0 Å². The highest BCUT2D eigenvalue weighted by atomic mass is 32.1. The molecule has 60 valence electrons. The van der Waals surface area contributed by atoms with E-state index in [2.05, 4.69) is 24.4 Å². The van der Waals surface area contributed by atoms with Crippen LogP contribution in [0.2, 0.25) is 0 Å². The number of thiophene rings is 1. The maximum Gasteiger partial charge on any atom is 0.0468 e. The van der Waals surface area contributed by atoms with E-state index in [-0.39, 0.29) is 0 Å². The van der Waals surface area contributed by atoms with Crippen molar-refractivity contribution < 1.29 is 5.11 Å². The van der Waals surface area contributed by atoms with Crippen LogP contribution >= 0.6 is 11.3 Å². The molecule has 0 amide bonds. The summed E-state index contributed by atoms with van der Waals surface area (Å²) in [5.41, 5.74) is 0.308. The summed E-state index contributed by atoms with van der Waals surface area (Å²) in [5, 5.41) is 11.0.